The summed E-state index contributed by atoms with van der Waals surface area (Å²) in [5.74, 6) is -1.95. The monoisotopic (exact) mass is 285 g/mol. The number of nitrogens with one attached hydrogen (secondary N) is 1. The number of halogens is 2. The maximum atomic E-state index is 13.9. The Balaban J connectivity index is 2.17. The number of carbonyl (C=O) groups excluding carboxylic acids is 1. The standard InChI is InChI=1S/C17H13F2NO/c1-9-3-4-16-11(5-9)13(8-20-16)17(21)12-6-10(2)14(18)7-15(12)19/h3-8,20H,1-2H3. The summed E-state index contributed by atoms with van der Waals surface area (Å²) >= 11 is 0. The molecule has 0 saturated carbocycles. The maximum Gasteiger partial charge on any atom is 0.198 e. The van der Waals surface area contributed by atoms with Crippen molar-refractivity contribution >= 4 is 16.7 Å². The lowest BCUT2D eigenvalue weighted by Gasteiger charge is -2.05. The van der Waals surface area contributed by atoms with E-state index in [9.17, 15) is 13.6 Å². The molecule has 0 amide bonds. The Morgan fingerprint density at radius 3 is 2.52 bits per heavy atom. The lowest BCUT2D eigenvalue weighted by molar-refractivity contribution is 0.103. The van der Waals surface area contributed by atoms with Crippen molar-refractivity contribution in [1.82, 2.24) is 4.98 Å². The fourth-order valence-electron chi connectivity index (χ4n) is 2.40. The van der Waals surface area contributed by atoms with Gasteiger partial charge in [0.2, 0.25) is 0 Å². The van der Waals surface area contributed by atoms with E-state index in [-0.39, 0.29) is 11.1 Å². The smallest absolute Gasteiger partial charge is 0.198 e. The van der Waals surface area contributed by atoms with Crippen LogP contribution in [0.15, 0.2) is 36.5 Å². The number of fused-ring (bicyclic) bond motifs is 1. The van der Waals surface area contributed by atoms with Gasteiger partial charge >= 0.3 is 0 Å². The summed E-state index contributed by atoms with van der Waals surface area (Å²) in [5, 5.41) is 0.737. The molecule has 2 aromatic carbocycles. The van der Waals surface area contributed by atoms with Gasteiger partial charge in [0.15, 0.2) is 5.78 Å². The molecule has 0 fully saturated rings. The maximum absolute atomic E-state index is 13.9. The second kappa shape index (κ2) is 4.81. The van der Waals surface area contributed by atoms with E-state index in [1.165, 1.54) is 13.0 Å². The number of aromatic nitrogens is 1. The zero-order valence-corrected chi connectivity index (χ0v) is 11.6. The normalized spacial score (nSPS) is 11.0. The molecule has 4 heteroatoms. The lowest BCUT2D eigenvalue weighted by atomic mass is 9.99. The SMILES string of the molecule is Cc1ccc2[nH]cc(C(=O)c3cc(C)c(F)cc3F)c2c1. The van der Waals surface area contributed by atoms with E-state index < -0.39 is 17.4 Å². The average molecular weight is 285 g/mol. The van der Waals surface area contributed by atoms with Crippen LogP contribution >= 0.6 is 0 Å². The van der Waals surface area contributed by atoms with Gasteiger partial charge in [0, 0.05) is 28.7 Å². The molecule has 1 heterocycles. The number of hydrogen-bond acceptors (Lipinski definition) is 1. The van der Waals surface area contributed by atoms with Crippen molar-refractivity contribution in [2.24, 2.45) is 0 Å². The summed E-state index contributed by atoms with van der Waals surface area (Å²) in [6.07, 6.45) is 1.56. The molecule has 2 nitrogen and oxygen atoms in total. The molecule has 0 bridgehead atoms. The minimum atomic E-state index is -0.842. The number of carbonyl (C=O) groups is 1. The van der Waals surface area contributed by atoms with Crippen molar-refractivity contribution < 1.29 is 13.6 Å². The predicted molar refractivity (Wildman–Crippen MR) is 77.6 cm³/mol. The molecule has 21 heavy (non-hydrogen) atoms. The number of benzene rings is 2. The van der Waals surface area contributed by atoms with Crippen LogP contribution in [-0.4, -0.2) is 10.8 Å². The lowest BCUT2D eigenvalue weighted by Crippen LogP contribution is -2.05. The third kappa shape index (κ3) is 2.23. The van der Waals surface area contributed by atoms with Crippen molar-refractivity contribution in [3.8, 4) is 0 Å². The Bertz CT molecular complexity index is 865. The van der Waals surface area contributed by atoms with Gasteiger partial charge in [-0.05, 0) is 37.6 Å². The van der Waals surface area contributed by atoms with E-state index >= 15 is 0 Å². The van der Waals surface area contributed by atoms with Crippen molar-refractivity contribution in [3.05, 3.63) is 70.4 Å². The van der Waals surface area contributed by atoms with E-state index in [2.05, 4.69) is 4.98 Å². The Labute approximate surface area is 120 Å². The predicted octanol–water partition coefficient (Wildman–Crippen LogP) is 4.29. The highest BCUT2D eigenvalue weighted by molar-refractivity contribution is 6.16. The quantitative estimate of drug-likeness (QED) is 0.700. The van der Waals surface area contributed by atoms with Crippen LogP contribution in [0, 0.1) is 25.5 Å². The van der Waals surface area contributed by atoms with Gasteiger partial charge in [-0.15, -0.1) is 0 Å². The van der Waals surface area contributed by atoms with E-state index in [1.807, 2.05) is 25.1 Å². The van der Waals surface area contributed by atoms with Crippen LogP contribution in [-0.2, 0) is 0 Å². The fourth-order valence-corrected chi connectivity index (χ4v) is 2.40. The van der Waals surface area contributed by atoms with Crippen molar-refractivity contribution in [3.63, 3.8) is 0 Å². The van der Waals surface area contributed by atoms with Gasteiger partial charge in [-0.3, -0.25) is 4.79 Å². The third-order valence-corrected chi connectivity index (χ3v) is 3.57. The molecule has 3 aromatic rings. The van der Waals surface area contributed by atoms with Crippen molar-refractivity contribution in [2.45, 2.75) is 13.8 Å². The highest BCUT2D eigenvalue weighted by Crippen LogP contribution is 2.24. The van der Waals surface area contributed by atoms with E-state index in [0.717, 1.165) is 22.5 Å². The Kier molecular flexibility index (Phi) is 3.09. The molecule has 1 aromatic heterocycles. The summed E-state index contributed by atoms with van der Waals surface area (Å²) in [6, 6.07) is 7.67. The molecule has 0 aliphatic carbocycles. The van der Waals surface area contributed by atoms with Gasteiger partial charge < -0.3 is 4.98 Å². The van der Waals surface area contributed by atoms with E-state index in [0.29, 0.717) is 5.56 Å². The summed E-state index contributed by atoms with van der Waals surface area (Å²) in [7, 11) is 0. The van der Waals surface area contributed by atoms with Gasteiger partial charge in [0.1, 0.15) is 11.6 Å². The van der Waals surface area contributed by atoms with Gasteiger partial charge in [-0.25, -0.2) is 8.78 Å². The zero-order valence-electron chi connectivity index (χ0n) is 11.6. The summed E-state index contributed by atoms with van der Waals surface area (Å²) in [5.41, 5.74) is 2.33. The number of H-pyrrole nitrogens is 1. The topological polar surface area (TPSA) is 32.9 Å². The molecule has 3 rings (SSSR count). The molecule has 106 valence electrons. The highest BCUT2D eigenvalue weighted by atomic mass is 19.1. The van der Waals surface area contributed by atoms with Gasteiger partial charge in [0.25, 0.3) is 0 Å². The Morgan fingerprint density at radius 2 is 1.76 bits per heavy atom. The first-order valence-electron chi connectivity index (χ1n) is 6.55. The zero-order chi connectivity index (χ0) is 15.1. The van der Waals surface area contributed by atoms with Crippen LogP contribution in [0.25, 0.3) is 10.9 Å². The first kappa shape index (κ1) is 13.5. The molecule has 0 aliphatic rings. The van der Waals surface area contributed by atoms with Crippen LogP contribution < -0.4 is 0 Å². The highest BCUT2D eigenvalue weighted by Gasteiger charge is 2.19. The van der Waals surface area contributed by atoms with Crippen LogP contribution in [0.5, 0.6) is 0 Å². The van der Waals surface area contributed by atoms with Crippen molar-refractivity contribution in [1.29, 1.82) is 0 Å². The number of aryl methyl sites for hydroxylation is 2. The number of rotatable bonds is 2. The summed E-state index contributed by atoms with van der Waals surface area (Å²) < 4.78 is 27.2. The van der Waals surface area contributed by atoms with Crippen molar-refractivity contribution in [2.75, 3.05) is 0 Å². The molecular formula is C17H13F2NO. The fraction of sp³-hybridized carbons (Fsp3) is 0.118. The van der Waals surface area contributed by atoms with Crippen LogP contribution in [0.3, 0.4) is 0 Å². The molecule has 0 unspecified atom stereocenters. The van der Waals surface area contributed by atoms with Gasteiger partial charge in [-0.2, -0.15) is 0 Å². The van der Waals surface area contributed by atoms with E-state index in [1.54, 1.807) is 6.20 Å². The third-order valence-electron chi connectivity index (χ3n) is 3.57. The molecule has 0 aliphatic heterocycles. The molecule has 0 atom stereocenters. The Morgan fingerprint density at radius 1 is 1.00 bits per heavy atom. The number of aromatic amines is 1. The van der Waals surface area contributed by atoms with Crippen LogP contribution in [0.2, 0.25) is 0 Å². The second-order valence-corrected chi connectivity index (χ2v) is 5.16. The average Bonchev–Trinajstić information content (AvgIpc) is 2.85. The van der Waals surface area contributed by atoms with Crippen LogP contribution in [0.4, 0.5) is 8.78 Å². The van der Waals surface area contributed by atoms with Gasteiger partial charge in [-0.1, -0.05) is 11.6 Å². The largest absolute Gasteiger partial charge is 0.360 e. The van der Waals surface area contributed by atoms with Crippen LogP contribution in [0.1, 0.15) is 27.0 Å². The first-order valence-corrected chi connectivity index (χ1v) is 6.55. The summed E-state index contributed by atoms with van der Waals surface area (Å²) in [4.78, 5) is 15.5. The molecule has 1 N–H and O–H groups in total. The molecular weight excluding hydrogens is 272 g/mol. The number of hydrogen-bond donors (Lipinski definition) is 1. The second-order valence-electron chi connectivity index (χ2n) is 5.16. The Hall–Kier alpha value is -2.49. The molecule has 0 radical (unpaired) electrons. The minimum Gasteiger partial charge on any atom is -0.360 e. The van der Waals surface area contributed by atoms with Gasteiger partial charge in [0.05, 0.1) is 5.56 Å². The first-order chi connectivity index (χ1) is 9.97. The summed E-state index contributed by atoms with van der Waals surface area (Å²) in [6.45, 7) is 3.42. The van der Waals surface area contributed by atoms with E-state index in [4.69, 9.17) is 0 Å². The molecule has 0 spiro atoms. The minimum absolute atomic E-state index is 0.115. The number of ketones is 1. The molecule has 0 saturated heterocycles.